The second-order valence-corrected chi connectivity index (χ2v) is 11.9. The number of unbranched alkanes of at least 4 members (excludes halogenated alkanes) is 1. The van der Waals surface area contributed by atoms with Crippen molar-refractivity contribution in [3.05, 3.63) is 129 Å². The molecule has 1 aromatic heterocycles. The molecule has 7 heteroatoms. The molecule has 0 N–H and O–H groups in total. The van der Waals surface area contributed by atoms with E-state index in [0.29, 0.717) is 22.2 Å². The molecule has 1 aliphatic rings. The maximum absolute atomic E-state index is 11.9. The van der Waals surface area contributed by atoms with E-state index in [4.69, 9.17) is 37.7 Å². The Balaban J connectivity index is 1.39. The Morgan fingerprint density at radius 3 is 2.52 bits per heavy atom. The number of rotatable bonds is 11. The van der Waals surface area contributed by atoms with Gasteiger partial charge in [0, 0.05) is 29.9 Å². The molecule has 0 aliphatic heterocycles. The first-order valence-electron chi connectivity index (χ1n) is 14.8. The first-order chi connectivity index (χ1) is 21.3. The molecule has 44 heavy (non-hydrogen) atoms. The Morgan fingerprint density at radius 2 is 1.82 bits per heavy atom. The van der Waals surface area contributed by atoms with Crippen molar-refractivity contribution in [3.63, 3.8) is 0 Å². The molecule has 0 spiro atoms. The summed E-state index contributed by atoms with van der Waals surface area (Å²) < 4.78 is 13.1. The Hall–Kier alpha value is -3.90. The summed E-state index contributed by atoms with van der Waals surface area (Å²) in [4.78, 5) is 16.8. The number of imidazole rings is 1. The molecule has 226 valence electrons. The number of hydrogen-bond donors (Lipinski definition) is 0. The van der Waals surface area contributed by atoms with Crippen LogP contribution < -0.4 is 0 Å². The summed E-state index contributed by atoms with van der Waals surface area (Å²) in [7, 11) is 1.38. The highest BCUT2D eigenvalue weighted by molar-refractivity contribution is 6.36. The quantitative estimate of drug-likeness (QED) is 0.123. The van der Waals surface area contributed by atoms with E-state index in [-0.39, 0.29) is 11.6 Å². The molecule has 0 fully saturated rings. The summed E-state index contributed by atoms with van der Waals surface area (Å²) in [6, 6.07) is 21.3. The lowest BCUT2D eigenvalue weighted by Gasteiger charge is -2.29. The molecule has 1 unspecified atom stereocenters. The van der Waals surface area contributed by atoms with Gasteiger partial charge in [-0.25, -0.2) is 9.78 Å². The molecule has 0 bridgehead atoms. The van der Waals surface area contributed by atoms with Crippen molar-refractivity contribution in [1.82, 2.24) is 9.55 Å². The van der Waals surface area contributed by atoms with E-state index in [1.165, 1.54) is 12.7 Å². The molecule has 5 nitrogen and oxygen atoms in total. The number of carbonyl (C=O) groups is 1. The van der Waals surface area contributed by atoms with Crippen molar-refractivity contribution >= 4 is 46.9 Å². The molecule has 0 saturated heterocycles. The summed E-state index contributed by atoms with van der Waals surface area (Å²) in [6.07, 6.45) is 15.7. The second kappa shape index (κ2) is 14.3. The van der Waals surface area contributed by atoms with E-state index in [9.17, 15) is 4.79 Å². The third-order valence-electron chi connectivity index (χ3n) is 7.62. The number of benzene rings is 3. The topological polar surface area (TPSA) is 53.4 Å². The highest BCUT2D eigenvalue weighted by Crippen LogP contribution is 2.32. The summed E-state index contributed by atoms with van der Waals surface area (Å²) >= 11 is 12.7. The Morgan fingerprint density at radius 1 is 1.05 bits per heavy atom. The number of allylic oxidation sites excluding steroid dienone is 2. The second-order valence-electron chi connectivity index (χ2n) is 11.1. The smallest absolute Gasteiger partial charge is 0.337 e. The van der Waals surface area contributed by atoms with Crippen molar-refractivity contribution in [2.75, 3.05) is 13.7 Å². The molecular formula is C37H36Cl2N2O3. The van der Waals surface area contributed by atoms with Crippen molar-refractivity contribution in [2.45, 2.75) is 45.3 Å². The minimum absolute atomic E-state index is 0.279. The number of hydrogen-bond acceptors (Lipinski definition) is 4. The SMILES string of the molecule is CCCCOC1(C)C=C(c2ccc(/C=C/c3nc(-c4ccc(Cl)cc4Cl)cn3Cc3ccc(C(=O)OC)cc3)cc2)C=CC1. The third kappa shape index (κ3) is 7.78. The molecule has 5 rings (SSSR count). The lowest BCUT2D eigenvalue weighted by Crippen LogP contribution is -2.27. The van der Waals surface area contributed by atoms with Gasteiger partial charge in [0.05, 0.1) is 29.0 Å². The summed E-state index contributed by atoms with van der Waals surface area (Å²) in [5, 5.41) is 1.11. The zero-order valence-corrected chi connectivity index (χ0v) is 26.7. The number of methoxy groups -OCH3 is 1. The number of esters is 1. The van der Waals surface area contributed by atoms with Crippen molar-refractivity contribution < 1.29 is 14.3 Å². The lowest BCUT2D eigenvalue weighted by molar-refractivity contribution is 0.00603. The zero-order valence-electron chi connectivity index (χ0n) is 25.2. The lowest BCUT2D eigenvalue weighted by atomic mass is 9.89. The maximum atomic E-state index is 11.9. The summed E-state index contributed by atoms with van der Waals surface area (Å²) in [5.41, 5.74) is 6.17. The van der Waals surface area contributed by atoms with E-state index in [2.05, 4.69) is 67.0 Å². The standard InChI is InChI=1S/C37H36Cl2N2O3/c1-4-5-21-44-37(2)20-6-7-30(23-37)28-13-8-26(9-14-28)12-19-35-40-34(32-18-17-31(38)22-33(32)39)25-41(35)24-27-10-15-29(16-11-27)36(42)43-3/h6-19,22-23,25H,4-5,20-21,24H2,1-3H3/b19-12+. The van der Waals surface area contributed by atoms with Gasteiger partial charge in [0.25, 0.3) is 0 Å². The molecule has 4 aromatic rings. The molecule has 1 aliphatic carbocycles. The molecule has 3 aromatic carbocycles. The van der Waals surface area contributed by atoms with E-state index in [1.807, 2.05) is 30.5 Å². The van der Waals surface area contributed by atoms with Gasteiger partial charge >= 0.3 is 5.97 Å². The van der Waals surface area contributed by atoms with Crippen LogP contribution in [-0.2, 0) is 16.0 Å². The Kier molecular flexibility index (Phi) is 10.2. The normalized spacial score (nSPS) is 16.3. The van der Waals surface area contributed by atoms with E-state index < -0.39 is 0 Å². The highest BCUT2D eigenvalue weighted by atomic mass is 35.5. The molecular weight excluding hydrogens is 591 g/mol. The van der Waals surface area contributed by atoms with Gasteiger partial charge < -0.3 is 14.0 Å². The Labute approximate surface area is 269 Å². The monoisotopic (exact) mass is 626 g/mol. The maximum Gasteiger partial charge on any atom is 0.337 e. The first-order valence-corrected chi connectivity index (χ1v) is 15.5. The fraction of sp³-hybridized carbons (Fsp3) is 0.243. The average Bonchev–Trinajstić information content (AvgIpc) is 3.42. The molecule has 0 saturated carbocycles. The van der Waals surface area contributed by atoms with Gasteiger partial charge in [0.2, 0.25) is 0 Å². The van der Waals surface area contributed by atoms with Gasteiger partial charge in [-0.15, -0.1) is 0 Å². The van der Waals surface area contributed by atoms with Crippen LogP contribution in [0, 0.1) is 0 Å². The van der Waals surface area contributed by atoms with Crippen LogP contribution in [0.1, 0.15) is 66.0 Å². The highest BCUT2D eigenvalue weighted by Gasteiger charge is 2.24. The van der Waals surface area contributed by atoms with Crippen LogP contribution in [0.2, 0.25) is 10.0 Å². The van der Waals surface area contributed by atoms with Crippen LogP contribution in [0.25, 0.3) is 29.0 Å². The van der Waals surface area contributed by atoms with Crippen LogP contribution in [0.3, 0.4) is 0 Å². The van der Waals surface area contributed by atoms with Crippen LogP contribution in [0.15, 0.2) is 91.2 Å². The van der Waals surface area contributed by atoms with Crippen molar-refractivity contribution in [2.24, 2.45) is 0 Å². The third-order valence-corrected chi connectivity index (χ3v) is 8.17. The van der Waals surface area contributed by atoms with Gasteiger partial charge in [0.1, 0.15) is 5.82 Å². The first kappa shape index (κ1) is 31.5. The number of halogens is 2. The van der Waals surface area contributed by atoms with Crippen molar-refractivity contribution in [1.29, 1.82) is 0 Å². The molecule has 1 atom stereocenters. The molecule has 0 amide bonds. The molecule has 1 heterocycles. The van der Waals surface area contributed by atoms with Gasteiger partial charge in [-0.1, -0.05) is 91.2 Å². The van der Waals surface area contributed by atoms with Gasteiger partial charge in [-0.3, -0.25) is 0 Å². The van der Waals surface area contributed by atoms with E-state index in [0.717, 1.165) is 59.6 Å². The predicted octanol–water partition coefficient (Wildman–Crippen LogP) is 9.78. The Bertz CT molecular complexity index is 1700. The van der Waals surface area contributed by atoms with Crippen LogP contribution >= 0.6 is 23.2 Å². The summed E-state index contributed by atoms with van der Waals surface area (Å²) in [5.74, 6) is 0.406. The van der Waals surface area contributed by atoms with Crippen LogP contribution in [0.4, 0.5) is 0 Å². The number of aromatic nitrogens is 2. The minimum atomic E-state index is -0.362. The number of ether oxygens (including phenoxy) is 2. The van der Waals surface area contributed by atoms with E-state index in [1.54, 1.807) is 24.3 Å². The van der Waals surface area contributed by atoms with Gasteiger partial charge in [-0.05, 0) is 84.5 Å². The largest absolute Gasteiger partial charge is 0.465 e. The van der Waals surface area contributed by atoms with Crippen LogP contribution in [-0.4, -0.2) is 34.8 Å². The molecule has 0 radical (unpaired) electrons. The van der Waals surface area contributed by atoms with E-state index >= 15 is 0 Å². The number of nitrogens with zero attached hydrogens (tertiary/aromatic N) is 2. The van der Waals surface area contributed by atoms with Gasteiger partial charge in [-0.2, -0.15) is 0 Å². The summed E-state index contributed by atoms with van der Waals surface area (Å²) in [6.45, 7) is 5.66. The predicted molar refractivity (Wildman–Crippen MR) is 181 cm³/mol. The van der Waals surface area contributed by atoms with Gasteiger partial charge in [0.15, 0.2) is 0 Å². The fourth-order valence-electron chi connectivity index (χ4n) is 5.12. The van der Waals surface area contributed by atoms with Crippen molar-refractivity contribution in [3.8, 4) is 11.3 Å². The zero-order chi connectivity index (χ0) is 31.1. The number of carbonyl (C=O) groups excluding carboxylic acids is 1. The van der Waals surface area contributed by atoms with Crippen LogP contribution in [0.5, 0.6) is 0 Å². The average molecular weight is 628 g/mol. The fourth-order valence-corrected chi connectivity index (χ4v) is 5.63. The minimum Gasteiger partial charge on any atom is -0.465 e.